The van der Waals surface area contributed by atoms with Gasteiger partial charge in [0.15, 0.2) is 5.82 Å². The van der Waals surface area contributed by atoms with Crippen molar-refractivity contribution in [2.24, 2.45) is 0 Å². The Kier molecular flexibility index (Phi) is 6.13. The average molecular weight is 400 g/mol. The highest BCUT2D eigenvalue weighted by Crippen LogP contribution is 2.30. The Balaban J connectivity index is 1.36. The van der Waals surface area contributed by atoms with Crippen LogP contribution in [0.1, 0.15) is 75.5 Å². The van der Waals surface area contributed by atoms with Crippen molar-refractivity contribution in [3.05, 3.63) is 23.3 Å². The fourth-order valence-electron chi connectivity index (χ4n) is 5.00. The van der Waals surface area contributed by atoms with E-state index in [1.165, 1.54) is 19.3 Å². The maximum Gasteiger partial charge on any atom is 0.224 e. The fourth-order valence-corrected chi connectivity index (χ4v) is 5.00. The number of fused-ring (bicyclic) bond motifs is 1. The molecule has 0 aromatic carbocycles. The molecular weight excluding hydrogens is 366 g/mol. The van der Waals surface area contributed by atoms with Crippen LogP contribution in [0.25, 0.3) is 0 Å². The minimum Gasteiger partial charge on any atom is -0.338 e. The van der Waals surface area contributed by atoms with E-state index in [9.17, 15) is 9.59 Å². The lowest BCUT2D eigenvalue weighted by Gasteiger charge is -2.34. The van der Waals surface area contributed by atoms with Crippen LogP contribution < -0.4 is 0 Å². The van der Waals surface area contributed by atoms with E-state index in [4.69, 9.17) is 4.98 Å². The SMILES string of the molecule is CC(=O)N1CCC[C@H]1c1ncc2c(n1)CCN(C(=O)CCN1CCCC[C@@H]1C)C2. The van der Waals surface area contributed by atoms with E-state index in [2.05, 4.69) is 16.8 Å². The summed E-state index contributed by atoms with van der Waals surface area (Å²) in [7, 11) is 0. The molecule has 0 N–H and O–H groups in total. The lowest BCUT2D eigenvalue weighted by Crippen LogP contribution is -2.42. The monoisotopic (exact) mass is 399 g/mol. The zero-order chi connectivity index (χ0) is 20.4. The third-order valence-electron chi connectivity index (χ3n) is 6.81. The van der Waals surface area contributed by atoms with Crippen molar-refractivity contribution in [3.63, 3.8) is 0 Å². The molecule has 2 fully saturated rings. The summed E-state index contributed by atoms with van der Waals surface area (Å²) >= 11 is 0. The Morgan fingerprint density at radius 3 is 2.79 bits per heavy atom. The summed E-state index contributed by atoms with van der Waals surface area (Å²) in [6.07, 6.45) is 8.96. The molecule has 0 unspecified atom stereocenters. The first-order valence-corrected chi connectivity index (χ1v) is 11.2. The molecule has 0 saturated carbocycles. The van der Waals surface area contributed by atoms with Gasteiger partial charge in [0.25, 0.3) is 0 Å². The second-order valence-corrected chi connectivity index (χ2v) is 8.77. The van der Waals surface area contributed by atoms with Gasteiger partial charge in [0, 0.05) is 63.7 Å². The Morgan fingerprint density at radius 2 is 2.00 bits per heavy atom. The van der Waals surface area contributed by atoms with E-state index < -0.39 is 0 Å². The zero-order valence-electron chi connectivity index (χ0n) is 17.8. The second-order valence-electron chi connectivity index (χ2n) is 8.77. The molecule has 2 amide bonds. The summed E-state index contributed by atoms with van der Waals surface area (Å²) in [5.41, 5.74) is 2.09. The van der Waals surface area contributed by atoms with Crippen LogP contribution in [0.4, 0.5) is 0 Å². The van der Waals surface area contributed by atoms with E-state index in [1.807, 2.05) is 16.0 Å². The van der Waals surface area contributed by atoms with E-state index in [0.29, 0.717) is 19.0 Å². The number of likely N-dealkylation sites (tertiary alicyclic amines) is 2. The Hall–Kier alpha value is -2.02. The van der Waals surface area contributed by atoms with Crippen LogP contribution in [0, 0.1) is 0 Å². The molecule has 7 nitrogen and oxygen atoms in total. The average Bonchev–Trinajstić information content (AvgIpc) is 3.22. The van der Waals surface area contributed by atoms with E-state index in [1.54, 1.807) is 6.92 Å². The number of carbonyl (C=O) groups is 2. The molecule has 1 aromatic rings. The van der Waals surface area contributed by atoms with Crippen LogP contribution in [0.3, 0.4) is 0 Å². The molecule has 7 heteroatoms. The third kappa shape index (κ3) is 4.44. The van der Waals surface area contributed by atoms with Crippen molar-refractivity contribution < 1.29 is 9.59 Å². The van der Waals surface area contributed by atoms with Crippen LogP contribution in [0.15, 0.2) is 6.20 Å². The summed E-state index contributed by atoms with van der Waals surface area (Å²) in [5.74, 6) is 1.08. The normalized spacial score (nSPS) is 25.2. The van der Waals surface area contributed by atoms with Crippen LogP contribution in [-0.4, -0.2) is 68.7 Å². The van der Waals surface area contributed by atoms with Gasteiger partial charge in [-0.25, -0.2) is 9.97 Å². The number of hydrogen-bond acceptors (Lipinski definition) is 5. The number of hydrogen-bond donors (Lipinski definition) is 0. The molecule has 1 aromatic heterocycles. The molecule has 3 aliphatic heterocycles. The fraction of sp³-hybridized carbons (Fsp3) is 0.727. The van der Waals surface area contributed by atoms with Gasteiger partial charge in [-0.05, 0) is 39.2 Å². The standard InChI is InChI=1S/C22H33N5O2/c1-16-6-3-4-10-25(16)13-9-21(29)26-12-8-19-18(15-26)14-23-22(24-19)20-7-5-11-27(20)17(2)28/h14,16,20H,3-13,15H2,1-2H3/t16-,20-/m0/s1. The van der Waals surface area contributed by atoms with Gasteiger partial charge in [0.1, 0.15) is 0 Å². The third-order valence-corrected chi connectivity index (χ3v) is 6.81. The predicted octanol–water partition coefficient (Wildman–Crippen LogP) is 2.31. The van der Waals surface area contributed by atoms with Crippen molar-refractivity contribution >= 4 is 11.8 Å². The van der Waals surface area contributed by atoms with E-state index >= 15 is 0 Å². The maximum absolute atomic E-state index is 12.8. The van der Waals surface area contributed by atoms with Crippen LogP contribution in [-0.2, 0) is 22.6 Å². The molecule has 4 rings (SSSR count). The minimum absolute atomic E-state index is 0.00370. The van der Waals surface area contributed by atoms with Crippen molar-refractivity contribution in [2.45, 2.75) is 77.4 Å². The molecule has 2 atom stereocenters. The topological polar surface area (TPSA) is 69.6 Å². The van der Waals surface area contributed by atoms with Gasteiger partial charge in [-0.2, -0.15) is 0 Å². The number of nitrogens with zero attached hydrogens (tertiary/aromatic N) is 5. The maximum atomic E-state index is 12.8. The second kappa shape index (κ2) is 8.78. The highest BCUT2D eigenvalue weighted by Gasteiger charge is 2.31. The lowest BCUT2D eigenvalue weighted by molar-refractivity contribution is -0.133. The van der Waals surface area contributed by atoms with E-state index in [-0.39, 0.29) is 17.9 Å². The number of rotatable bonds is 4. The highest BCUT2D eigenvalue weighted by molar-refractivity contribution is 5.76. The van der Waals surface area contributed by atoms with E-state index in [0.717, 1.165) is 62.5 Å². The Labute approximate surface area is 173 Å². The van der Waals surface area contributed by atoms with Crippen LogP contribution >= 0.6 is 0 Å². The summed E-state index contributed by atoms with van der Waals surface area (Å²) in [4.78, 5) is 40.3. The predicted molar refractivity (Wildman–Crippen MR) is 110 cm³/mol. The van der Waals surface area contributed by atoms with Gasteiger partial charge < -0.3 is 14.7 Å². The highest BCUT2D eigenvalue weighted by atomic mass is 16.2. The largest absolute Gasteiger partial charge is 0.338 e. The minimum atomic E-state index is 0.00370. The lowest BCUT2D eigenvalue weighted by atomic mass is 10.0. The molecule has 0 bridgehead atoms. The van der Waals surface area contributed by atoms with Gasteiger partial charge in [-0.1, -0.05) is 6.42 Å². The summed E-state index contributed by atoms with van der Waals surface area (Å²) in [6, 6.07) is 0.597. The van der Waals surface area contributed by atoms with Crippen molar-refractivity contribution in [2.75, 3.05) is 26.2 Å². The van der Waals surface area contributed by atoms with Gasteiger partial charge in [-0.15, -0.1) is 0 Å². The molecule has 29 heavy (non-hydrogen) atoms. The number of amides is 2. The first-order valence-electron chi connectivity index (χ1n) is 11.2. The summed E-state index contributed by atoms with van der Waals surface area (Å²) < 4.78 is 0. The smallest absolute Gasteiger partial charge is 0.224 e. The zero-order valence-corrected chi connectivity index (χ0v) is 17.8. The number of piperidine rings is 1. The van der Waals surface area contributed by atoms with Crippen molar-refractivity contribution in [3.8, 4) is 0 Å². The van der Waals surface area contributed by atoms with Gasteiger partial charge in [-0.3, -0.25) is 9.59 Å². The molecule has 2 saturated heterocycles. The molecule has 158 valence electrons. The molecule has 4 heterocycles. The quantitative estimate of drug-likeness (QED) is 0.777. The molecule has 0 aliphatic carbocycles. The van der Waals surface area contributed by atoms with Crippen molar-refractivity contribution in [1.82, 2.24) is 24.7 Å². The molecule has 0 radical (unpaired) electrons. The first-order chi connectivity index (χ1) is 14.0. The van der Waals surface area contributed by atoms with Crippen LogP contribution in [0.2, 0.25) is 0 Å². The molecule has 0 spiro atoms. The van der Waals surface area contributed by atoms with Gasteiger partial charge in [0.05, 0.1) is 11.7 Å². The Bertz CT molecular complexity index is 768. The van der Waals surface area contributed by atoms with Gasteiger partial charge >= 0.3 is 0 Å². The summed E-state index contributed by atoms with van der Waals surface area (Å²) in [5, 5.41) is 0. The number of aromatic nitrogens is 2. The summed E-state index contributed by atoms with van der Waals surface area (Å²) in [6.45, 7) is 7.98. The Morgan fingerprint density at radius 1 is 1.14 bits per heavy atom. The van der Waals surface area contributed by atoms with Crippen LogP contribution in [0.5, 0.6) is 0 Å². The molecular formula is C22H33N5O2. The first kappa shape index (κ1) is 20.3. The van der Waals surface area contributed by atoms with Gasteiger partial charge in [0.2, 0.25) is 11.8 Å². The number of carbonyl (C=O) groups excluding carboxylic acids is 2. The molecule has 3 aliphatic rings. The van der Waals surface area contributed by atoms with Crippen molar-refractivity contribution in [1.29, 1.82) is 0 Å².